The van der Waals surface area contributed by atoms with Gasteiger partial charge in [0, 0.05) is 24.6 Å². The van der Waals surface area contributed by atoms with Gasteiger partial charge in [-0.05, 0) is 65.9 Å². The molecule has 8 heteroatoms. The quantitative estimate of drug-likeness (QED) is 0.206. The summed E-state index contributed by atoms with van der Waals surface area (Å²) >= 11 is 0. The van der Waals surface area contributed by atoms with Crippen molar-refractivity contribution in [2.45, 2.75) is 62.7 Å². The van der Waals surface area contributed by atoms with Crippen LogP contribution in [0.5, 0.6) is 0 Å². The normalized spacial score (nSPS) is 22.7. The lowest BCUT2D eigenvalue weighted by Crippen LogP contribution is -2.45. The third-order valence-corrected chi connectivity index (χ3v) is 10.4. The first kappa shape index (κ1) is 31.6. The molecule has 4 unspecified atom stereocenters. The molecule has 0 aromatic heterocycles. The Hall–Kier alpha value is -3.37. The predicted molar refractivity (Wildman–Crippen MR) is 176 cm³/mol. The Morgan fingerprint density at radius 1 is 0.800 bits per heavy atom. The second kappa shape index (κ2) is 14.4. The van der Waals surface area contributed by atoms with Crippen molar-refractivity contribution in [3.63, 3.8) is 0 Å². The molecule has 2 aliphatic rings. The molecule has 2 aliphatic heterocycles. The van der Waals surface area contributed by atoms with Gasteiger partial charge in [0.1, 0.15) is 0 Å². The minimum atomic E-state index is -3.63. The van der Waals surface area contributed by atoms with Gasteiger partial charge in [0.15, 0.2) is 6.29 Å². The number of nitrogens with one attached hydrogen (secondary N) is 1. The maximum Gasteiger partial charge on any atom is 0.240 e. The number of ether oxygens (including phenoxy) is 2. The van der Waals surface area contributed by atoms with E-state index < -0.39 is 16.3 Å². The van der Waals surface area contributed by atoms with Crippen molar-refractivity contribution in [3.8, 4) is 11.1 Å². The van der Waals surface area contributed by atoms with E-state index >= 15 is 0 Å². The van der Waals surface area contributed by atoms with Gasteiger partial charge in [-0.2, -0.15) is 0 Å². The first-order chi connectivity index (χ1) is 21.9. The average molecular weight is 627 g/mol. The Morgan fingerprint density at radius 3 is 2.18 bits per heavy atom. The van der Waals surface area contributed by atoms with Gasteiger partial charge in [0.2, 0.25) is 10.0 Å². The third kappa shape index (κ3) is 7.55. The van der Waals surface area contributed by atoms with Gasteiger partial charge in [-0.1, -0.05) is 104 Å². The number of aliphatic hydroxyl groups excluding tert-OH is 1. The summed E-state index contributed by atoms with van der Waals surface area (Å²) in [5.74, 6) is 0.147. The fourth-order valence-electron chi connectivity index (χ4n) is 6.36. The number of benzene rings is 4. The lowest BCUT2D eigenvalue weighted by Gasteiger charge is -2.43. The van der Waals surface area contributed by atoms with Crippen LogP contribution in [0.1, 0.15) is 60.8 Å². The zero-order chi connectivity index (χ0) is 31.2. The standard InChI is InChI=1S/C37H42N2O5S/c1-27-35(25-39-22-8-3-9-23-39)43-37(44-36(27)30-16-14-28(26-40)15-17-30)31-20-18-29(19-21-31)34-13-7-6-10-32(34)24-38-45(41,42)33-11-4-2-5-12-33/h2,4-7,10-21,27,35-38,40H,3,8-9,22-26H2,1H3. The van der Waals surface area contributed by atoms with Crippen LogP contribution >= 0.6 is 0 Å². The van der Waals surface area contributed by atoms with Crippen LogP contribution in [0.3, 0.4) is 0 Å². The van der Waals surface area contributed by atoms with Crippen LogP contribution in [0.15, 0.2) is 108 Å². The van der Waals surface area contributed by atoms with Gasteiger partial charge in [-0.15, -0.1) is 0 Å². The zero-order valence-corrected chi connectivity index (χ0v) is 26.5. The average Bonchev–Trinajstić information content (AvgIpc) is 3.09. The molecular formula is C37H42N2O5S. The van der Waals surface area contributed by atoms with Gasteiger partial charge in [-0.25, -0.2) is 13.1 Å². The van der Waals surface area contributed by atoms with E-state index in [0.29, 0.717) is 0 Å². The molecule has 0 saturated carbocycles. The third-order valence-electron chi connectivity index (χ3n) is 9.03. The molecule has 6 rings (SSSR count). The summed E-state index contributed by atoms with van der Waals surface area (Å²) in [5, 5.41) is 9.55. The van der Waals surface area contributed by atoms with Crippen molar-refractivity contribution in [3.05, 3.63) is 125 Å². The largest absolute Gasteiger partial charge is 0.392 e. The Labute approximate surface area is 266 Å². The van der Waals surface area contributed by atoms with Gasteiger partial charge in [-0.3, -0.25) is 0 Å². The highest BCUT2D eigenvalue weighted by Crippen LogP contribution is 2.42. The number of likely N-dealkylation sites (tertiary alicyclic amines) is 1. The maximum absolute atomic E-state index is 12.9. The second-order valence-corrected chi connectivity index (χ2v) is 13.9. The van der Waals surface area contributed by atoms with Crippen molar-refractivity contribution in [1.29, 1.82) is 0 Å². The van der Waals surface area contributed by atoms with E-state index in [9.17, 15) is 13.5 Å². The lowest BCUT2D eigenvalue weighted by atomic mass is 9.89. The van der Waals surface area contributed by atoms with E-state index in [-0.39, 0.29) is 36.2 Å². The fourth-order valence-corrected chi connectivity index (χ4v) is 7.38. The Morgan fingerprint density at radius 2 is 1.47 bits per heavy atom. The van der Waals surface area contributed by atoms with E-state index in [1.807, 2.05) is 48.5 Å². The molecule has 4 aromatic rings. The molecule has 236 valence electrons. The fraction of sp³-hybridized carbons (Fsp3) is 0.351. The van der Waals surface area contributed by atoms with Crippen LogP contribution in [0.4, 0.5) is 0 Å². The molecule has 2 N–H and O–H groups in total. The summed E-state index contributed by atoms with van der Waals surface area (Å²) in [7, 11) is -3.63. The molecule has 0 radical (unpaired) electrons. The molecule has 0 spiro atoms. The SMILES string of the molecule is CC1C(CN2CCCCC2)OC(c2ccc(-c3ccccc3CNS(=O)(=O)c3ccccc3)cc2)OC1c1ccc(CO)cc1. The molecule has 4 aromatic carbocycles. The molecule has 0 aliphatic carbocycles. The number of hydrogen-bond acceptors (Lipinski definition) is 6. The molecule has 4 atom stereocenters. The molecule has 0 amide bonds. The van der Waals surface area contributed by atoms with Crippen LogP contribution in [-0.4, -0.2) is 44.2 Å². The topological polar surface area (TPSA) is 88.1 Å². The van der Waals surface area contributed by atoms with E-state index in [1.54, 1.807) is 30.3 Å². The summed E-state index contributed by atoms with van der Waals surface area (Å²) in [4.78, 5) is 2.76. The van der Waals surface area contributed by atoms with E-state index in [0.717, 1.165) is 53.0 Å². The zero-order valence-electron chi connectivity index (χ0n) is 25.7. The first-order valence-electron chi connectivity index (χ1n) is 15.9. The second-order valence-electron chi connectivity index (χ2n) is 12.1. The van der Waals surface area contributed by atoms with E-state index in [4.69, 9.17) is 9.47 Å². The molecule has 7 nitrogen and oxygen atoms in total. The Kier molecular flexibility index (Phi) is 10.1. The highest BCUT2D eigenvalue weighted by molar-refractivity contribution is 7.89. The summed E-state index contributed by atoms with van der Waals surface area (Å²) in [6, 6.07) is 32.5. The van der Waals surface area contributed by atoms with Gasteiger partial charge >= 0.3 is 0 Å². The smallest absolute Gasteiger partial charge is 0.240 e. The number of aliphatic hydroxyl groups is 1. The molecule has 2 fully saturated rings. The number of sulfonamides is 1. The minimum absolute atomic E-state index is 0.00223. The highest BCUT2D eigenvalue weighted by atomic mass is 32.2. The summed E-state index contributed by atoms with van der Waals surface area (Å²) in [6.45, 7) is 5.47. The number of rotatable bonds is 10. The molecular weight excluding hydrogens is 584 g/mol. The van der Waals surface area contributed by atoms with E-state index in [2.05, 4.69) is 40.8 Å². The van der Waals surface area contributed by atoms with Crippen molar-refractivity contribution in [2.75, 3.05) is 19.6 Å². The van der Waals surface area contributed by atoms with Crippen molar-refractivity contribution >= 4 is 10.0 Å². The van der Waals surface area contributed by atoms with Crippen LogP contribution in [0.25, 0.3) is 11.1 Å². The Balaban J connectivity index is 1.22. The number of hydrogen-bond donors (Lipinski definition) is 2. The van der Waals surface area contributed by atoms with E-state index in [1.165, 1.54) is 19.3 Å². The van der Waals surface area contributed by atoms with Gasteiger partial charge in [0.05, 0.1) is 23.7 Å². The number of nitrogens with zero attached hydrogens (tertiary/aromatic N) is 1. The summed E-state index contributed by atoms with van der Waals surface area (Å²) < 4.78 is 41.8. The first-order valence-corrected chi connectivity index (χ1v) is 17.4. The lowest BCUT2D eigenvalue weighted by molar-refractivity contribution is -0.276. The maximum atomic E-state index is 12.9. The van der Waals surface area contributed by atoms with Crippen molar-refractivity contribution in [1.82, 2.24) is 9.62 Å². The van der Waals surface area contributed by atoms with Crippen molar-refractivity contribution < 1.29 is 23.0 Å². The van der Waals surface area contributed by atoms with Crippen LogP contribution < -0.4 is 4.72 Å². The van der Waals surface area contributed by atoms with Gasteiger partial charge in [0.25, 0.3) is 0 Å². The molecule has 45 heavy (non-hydrogen) atoms. The predicted octanol–water partition coefficient (Wildman–Crippen LogP) is 6.60. The Bertz CT molecular complexity index is 1640. The summed E-state index contributed by atoms with van der Waals surface area (Å²) in [6.07, 6.45) is 3.07. The molecule has 0 bridgehead atoms. The minimum Gasteiger partial charge on any atom is -0.392 e. The monoisotopic (exact) mass is 626 g/mol. The molecule has 2 heterocycles. The summed E-state index contributed by atoms with van der Waals surface area (Å²) in [5.41, 5.74) is 5.73. The molecule has 2 saturated heterocycles. The van der Waals surface area contributed by atoms with Gasteiger partial charge < -0.3 is 19.5 Å². The van der Waals surface area contributed by atoms with Crippen molar-refractivity contribution in [2.24, 2.45) is 5.92 Å². The van der Waals surface area contributed by atoms with Crippen LogP contribution in [0.2, 0.25) is 0 Å². The number of piperidine rings is 1. The van der Waals surface area contributed by atoms with Crippen LogP contribution in [0, 0.1) is 5.92 Å². The van der Waals surface area contributed by atoms with Crippen LogP contribution in [-0.2, 0) is 32.6 Å². The highest BCUT2D eigenvalue weighted by Gasteiger charge is 2.39.